The minimum atomic E-state index is -0.598. The second-order valence-electron chi connectivity index (χ2n) is 7.24. The summed E-state index contributed by atoms with van der Waals surface area (Å²) in [7, 11) is 0. The van der Waals surface area contributed by atoms with Gasteiger partial charge < -0.3 is 10.2 Å². The number of nitrogens with one attached hydrogen (secondary N) is 1. The molecule has 2 aromatic rings. The molecular formula is C23H27Cl3N2O2S. The zero-order valence-electron chi connectivity index (χ0n) is 17.8. The Labute approximate surface area is 203 Å². The van der Waals surface area contributed by atoms with Gasteiger partial charge in [-0.3, -0.25) is 9.59 Å². The summed E-state index contributed by atoms with van der Waals surface area (Å²) in [6, 6.07) is 11.9. The molecule has 2 atom stereocenters. The summed E-state index contributed by atoms with van der Waals surface area (Å²) in [5, 5.41) is 4.62. The zero-order valence-corrected chi connectivity index (χ0v) is 20.9. The Kier molecular flexibility index (Phi) is 10.5. The summed E-state index contributed by atoms with van der Waals surface area (Å²) in [5.74, 6) is -0.108. The summed E-state index contributed by atoms with van der Waals surface area (Å²) >= 11 is 19.7. The van der Waals surface area contributed by atoms with Crippen molar-refractivity contribution in [1.82, 2.24) is 10.2 Å². The number of hydrogen-bond donors (Lipinski definition) is 1. The number of nitrogens with zero attached hydrogens (tertiary/aromatic N) is 1. The second kappa shape index (κ2) is 12.6. The summed E-state index contributed by atoms with van der Waals surface area (Å²) in [5.41, 5.74) is 0.741. The highest BCUT2D eigenvalue weighted by molar-refractivity contribution is 8.00. The van der Waals surface area contributed by atoms with Crippen molar-refractivity contribution in [2.45, 2.75) is 57.1 Å². The average Bonchev–Trinajstić information content (AvgIpc) is 2.74. The fraction of sp³-hybridized carbons (Fsp3) is 0.391. The van der Waals surface area contributed by atoms with Crippen LogP contribution in [0, 0.1) is 0 Å². The standard InChI is InChI=1S/C23H27Cl3N2O2S/c1-4-15(3)27-23(30)21(5-2)28(13-16-6-7-18(25)12-20(16)26)22(29)14-31-19-10-8-17(24)9-11-19/h6-12,15,21H,4-5,13-14H2,1-3H3,(H,27,30)/t15-,21-/m0/s1. The molecule has 2 rings (SSSR count). The number of amides is 2. The lowest BCUT2D eigenvalue weighted by atomic mass is 10.1. The number of carbonyl (C=O) groups excluding carboxylic acids is 2. The smallest absolute Gasteiger partial charge is 0.243 e. The largest absolute Gasteiger partial charge is 0.352 e. The third kappa shape index (κ3) is 7.90. The minimum absolute atomic E-state index is 0.0288. The monoisotopic (exact) mass is 500 g/mol. The Bertz CT molecular complexity index is 893. The molecule has 31 heavy (non-hydrogen) atoms. The molecule has 0 radical (unpaired) electrons. The maximum atomic E-state index is 13.3. The average molecular weight is 502 g/mol. The molecule has 0 bridgehead atoms. The number of thioether (sulfide) groups is 1. The molecule has 2 amide bonds. The van der Waals surface area contributed by atoms with Crippen molar-refractivity contribution >= 4 is 58.4 Å². The number of carbonyl (C=O) groups is 2. The van der Waals surface area contributed by atoms with E-state index in [1.807, 2.05) is 32.9 Å². The molecule has 0 aliphatic carbocycles. The van der Waals surface area contributed by atoms with E-state index in [0.717, 1.165) is 16.9 Å². The molecule has 0 aliphatic heterocycles. The van der Waals surface area contributed by atoms with E-state index in [-0.39, 0.29) is 30.2 Å². The molecule has 0 saturated heterocycles. The highest BCUT2D eigenvalue weighted by Gasteiger charge is 2.29. The molecular weight excluding hydrogens is 475 g/mol. The SMILES string of the molecule is CC[C@H](C)NC(=O)[C@H](CC)N(Cc1ccc(Cl)cc1Cl)C(=O)CSc1ccc(Cl)cc1. The molecule has 168 valence electrons. The van der Waals surface area contributed by atoms with Crippen LogP contribution in [0.3, 0.4) is 0 Å². The van der Waals surface area contributed by atoms with Gasteiger partial charge in [0.25, 0.3) is 0 Å². The van der Waals surface area contributed by atoms with Crippen molar-refractivity contribution in [3.05, 3.63) is 63.1 Å². The van der Waals surface area contributed by atoms with Gasteiger partial charge in [-0.25, -0.2) is 0 Å². The summed E-state index contributed by atoms with van der Waals surface area (Å²) in [4.78, 5) is 28.7. The van der Waals surface area contributed by atoms with Gasteiger partial charge in [-0.1, -0.05) is 54.7 Å². The van der Waals surface area contributed by atoms with Crippen molar-refractivity contribution in [3.8, 4) is 0 Å². The maximum absolute atomic E-state index is 13.3. The van der Waals surface area contributed by atoms with Gasteiger partial charge in [0.05, 0.1) is 5.75 Å². The topological polar surface area (TPSA) is 49.4 Å². The van der Waals surface area contributed by atoms with Gasteiger partial charge in [0.2, 0.25) is 11.8 Å². The first-order chi connectivity index (χ1) is 14.7. The van der Waals surface area contributed by atoms with Gasteiger partial charge in [0.15, 0.2) is 0 Å². The van der Waals surface area contributed by atoms with Gasteiger partial charge in [0, 0.05) is 32.5 Å². The van der Waals surface area contributed by atoms with Crippen molar-refractivity contribution in [3.63, 3.8) is 0 Å². The van der Waals surface area contributed by atoms with Crippen molar-refractivity contribution in [2.75, 3.05) is 5.75 Å². The number of benzene rings is 2. The molecule has 0 aliphatic rings. The van der Waals surface area contributed by atoms with Gasteiger partial charge in [-0.05, 0) is 61.7 Å². The van der Waals surface area contributed by atoms with Gasteiger partial charge >= 0.3 is 0 Å². The van der Waals surface area contributed by atoms with Crippen LogP contribution >= 0.6 is 46.6 Å². The summed E-state index contributed by atoms with van der Waals surface area (Å²) < 4.78 is 0. The van der Waals surface area contributed by atoms with Gasteiger partial charge in [-0.15, -0.1) is 11.8 Å². The molecule has 4 nitrogen and oxygen atoms in total. The second-order valence-corrected chi connectivity index (χ2v) is 9.57. The van der Waals surface area contributed by atoms with Crippen LogP contribution in [0.1, 0.15) is 39.2 Å². The van der Waals surface area contributed by atoms with E-state index in [0.29, 0.717) is 21.5 Å². The predicted molar refractivity (Wildman–Crippen MR) is 131 cm³/mol. The highest BCUT2D eigenvalue weighted by atomic mass is 35.5. The van der Waals surface area contributed by atoms with E-state index >= 15 is 0 Å². The van der Waals surface area contributed by atoms with E-state index in [2.05, 4.69) is 5.32 Å². The van der Waals surface area contributed by atoms with Crippen molar-refractivity contribution in [1.29, 1.82) is 0 Å². The van der Waals surface area contributed by atoms with E-state index < -0.39 is 6.04 Å². The molecule has 0 fully saturated rings. The first-order valence-electron chi connectivity index (χ1n) is 10.2. The fourth-order valence-electron chi connectivity index (χ4n) is 2.95. The number of halogens is 3. The van der Waals surface area contributed by atoms with Crippen LogP contribution in [0.5, 0.6) is 0 Å². The Balaban J connectivity index is 2.24. The maximum Gasteiger partial charge on any atom is 0.243 e. The molecule has 0 heterocycles. The molecule has 0 aromatic heterocycles. The molecule has 0 saturated carbocycles. The van der Waals surface area contributed by atoms with Crippen LogP contribution < -0.4 is 5.32 Å². The number of rotatable bonds is 10. The fourth-order valence-corrected chi connectivity index (χ4v) is 4.33. The van der Waals surface area contributed by atoms with E-state index in [1.54, 1.807) is 35.2 Å². The van der Waals surface area contributed by atoms with Gasteiger partial charge in [0.1, 0.15) is 6.04 Å². The molecule has 0 spiro atoms. The Morgan fingerprint density at radius 3 is 2.23 bits per heavy atom. The third-order valence-corrected chi connectivity index (χ3v) is 6.75. The minimum Gasteiger partial charge on any atom is -0.352 e. The van der Waals surface area contributed by atoms with E-state index in [1.165, 1.54) is 11.8 Å². The summed E-state index contributed by atoms with van der Waals surface area (Å²) in [6.07, 6.45) is 1.30. The normalized spacial score (nSPS) is 12.8. The Hall–Kier alpha value is -1.40. The van der Waals surface area contributed by atoms with Gasteiger partial charge in [-0.2, -0.15) is 0 Å². The Morgan fingerprint density at radius 1 is 1.00 bits per heavy atom. The van der Waals surface area contributed by atoms with Crippen LogP contribution in [0.2, 0.25) is 15.1 Å². The molecule has 2 aromatic carbocycles. The Morgan fingerprint density at radius 2 is 1.65 bits per heavy atom. The van der Waals surface area contributed by atoms with Crippen LogP contribution in [0.15, 0.2) is 47.4 Å². The molecule has 1 N–H and O–H groups in total. The van der Waals surface area contributed by atoms with Crippen molar-refractivity contribution < 1.29 is 9.59 Å². The molecule has 0 unspecified atom stereocenters. The van der Waals surface area contributed by atoms with Crippen molar-refractivity contribution in [2.24, 2.45) is 0 Å². The predicted octanol–water partition coefficient (Wildman–Crippen LogP) is 6.46. The lowest BCUT2D eigenvalue weighted by Crippen LogP contribution is -2.51. The van der Waals surface area contributed by atoms with Crippen LogP contribution in [0.25, 0.3) is 0 Å². The molecule has 8 heteroatoms. The van der Waals surface area contributed by atoms with E-state index in [9.17, 15) is 9.59 Å². The van der Waals surface area contributed by atoms with Crippen LogP contribution in [-0.2, 0) is 16.1 Å². The van der Waals surface area contributed by atoms with Crippen LogP contribution in [-0.4, -0.2) is 34.6 Å². The lowest BCUT2D eigenvalue weighted by molar-refractivity contribution is -0.139. The zero-order chi connectivity index (χ0) is 23.0. The first kappa shape index (κ1) is 25.9. The summed E-state index contributed by atoms with van der Waals surface area (Å²) in [6.45, 7) is 6.08. The number of hydrogen-bond acceptors (Lipinski definition) is 3. The lowest BCUT2D eigenvalue weighted by Gasteiger charge is -2.31. The third-order valence-electron chi connectivity index (χ3n) is 4.92. The quantitative estimate of drug-likeness (QED) is 0.380. The van der Waals surface area contributed by atoms with Crippen LogP contribution in [0.4, 0.5) is 0 Å². The van der Waals surface area contributed by atoms with E-state index in [4.69, 9.17) is 34.8 Å². The highest BCUT2D eigenvalue weighted by Crippen LogP contribution is 2.26. The first-order valence-corrected chi connectivity index (χ1v) is 12.3.